The van der Waals surface area contributed by atoms with E-state index in [1.807, 2.05) is 0 Å². The number of aliphatic hydroxyl groups excluding tert-OH is 1. The summed E-state index contributed by atoms with van der Waals surface area (Å²) in [6.07, 6.45) is 1.65. The molecule has 0 aliphatic heterocycles. The number of fused-ring (bicyclic) bond motifs is 2. The van der Waals surface area contributed by atoms with Crippen LogP contribution in [0.25, 0.3) is 0 Å². The van der Waals surface area contributed by atoms with E-state index in [-0.39, 0.29) is 17.9 Å². The van der Waals surface area contributed by atoms with Crippen molar-refractivity contribution in [3.63, 3.8) is 0 Å². The summed E-state index contributed by atoms with van der Waals surface area (Å²) in [6, 6.07) is 0. The predicted molar refractivity (Wildman–Crippen MR) is 45.6 cm³/mol. The van der Waals surface area contributed by atoms with Crippen LogP contribution >= 0.6 is 0 Å². The van der Waals surface area contributed by atoms with Gasteiger partial charge in [-0.3, -0.25) is 4.79 Å². The maximum Gasteiger partial charge on any atom is 0.136 e. The highest BCUT2D eigenvalue weighted by molar-refractivity contribution is 5.84. The topological polar surface area (TPSA) is 37.3 Å². The molecule has 2 heteroatoms. The monoisotopic (exact) mass is 168 g/mol. The molecule has 0 aromatic carbocycles. The van der Waals surface area contributed by atoms with Crippen molar-refractivity contribution in [2.24, 2.45) is 23.2 Å². The van der Waals surface area contributed by atoms with Crippen molar-refractivity contribution in [1.29, 1.82) is 0 Å². The van der Waals surface area contributed by atoms with Crippen molar-refractivity contribution in [2.75, 3.05) is 6.61 Å². The van der Waals surface area contributed by atoms with E-state index in [4.69, 9.17) is 5.11 Å². The Morgan fingerprint density at radius 1 is 1.58 bits per heavy atom. The average molecular weight is 168 g/mol. The number of carbonyl (C=O) groups excluding carboxylic acids is 1. The summed E-state index contributed by atoms with van der Waals surface area (Å²) in [5.41, 5.74) is 0.169. The molecular weight excluding hydrogens is 152 g/mol. The molecule has 0 spiro atoms. The number of aliphatic hydroxyl groups is 1. The van der Waals surface area contributed by atoms with Crippen molar-refractivity contribution in [3.05, 3.63) is 0 Å². The maximum absolute atomic E-state index is 11.5. The normalized spacial score (nSPS) is 43.9. The highest BCUT2D eigenvalue weighted by Gasteiger charge is 2.57. The van der Waals surface area contributed by atoms with Gasteiger partial charge in [0.15, 0.2) is 0 Å². The molecule has 1 N–H and O–H groups in total. The number of carbonyl (C=O) groups is 1. The Morgan fingerprint density at radius 3 is 2.67 bits per heavy atom. The van der Waals surface area contributed by atoms with Gasteiger partial charge >= 0.3 is 0 Å². The lowest BCUT2D eigenvalue weighted by atomic mass is 9.45. The molecule has 3 rings (SSSR count). The zero-order chi connectivity index (χ0) is 8.93. The molecule has 0 radical (unpaired) electrons. The first-order valence-corrected chi connectivity index (χ1v) is 4.71. The molecule has 3 saturated carbocycles. The molecule has 68 valence electrons. The standard InChI is InChI=1S/C10H16O2/c1-10(2)7-4-8(10)9(12)3-6(7)5-11/h6-8,11H,3-5H2,1-2H3. The Labute approximate surface area is 73.0 Å². The highest BCUT2D eigenvalue weighted by atomic mass is 16.3. The van der Waals surface area contributed by atoms with Crippen molar-refractivity contribution in [3.8, 4) is 0 Å². The van der Waals surface area contributed by atoms with Crippen LogP contribution in [-0.2, 0) is 4.79 Å². The summed E-state index contributed by atoms with van der Waals surface area (Å²) in [5.74, 6) is 1.51. The molecule has 3 unspecified atom stereocenters. The second-order valence-corrected chi connectivity index (χ2v) is 4.83. The van der Waals surface area contributed by atoms with Gasteiger partial charge in [0.1, 0.15) is 5.78 Å². The minimum absolute atomic E-state index is 0.169. The first-order valence-electron chi connectivity index (χ1n) is 4.71. The molecule has 0 saturated heterocycles. The lowest BCUT2D eigenvalue weighted by Gasteiger charge is -2.58. The number of hydrogen-bond acceptors (Lipinski definition) is 2. The van der Waals surface area contributed by atoms with Crippen LogP contribution in [0.4, 0.5) is 0 Å². The summed E-state index contributed by atoms with van der Waals surface area (Å²) >= 11 is 0. The third-order valence-electron chi connectivity index (χ3n) is 4.00. The minimum Gasteiger partial charge on any atom is -0.396 e. The SMILES string of the molecule is CC1(C)C2CC1C(CO)CC2=O. The summed E-state index contributed by atoms with van der Waals surface area (Å²) in [4.78, 5) is 11.5. The van der Waals surface area contributed by atoms with Crippen LogP contribution in [0.2, 0.25) is 0 Å². The highest BCUT2D eigenvalue weighted by Crippen LogP contribution is 2.59. The molecule has 2 nitrogen and oxygen atoms in total. The van der Waals surface area contributed by atoms with E-state index in [2.05, 4.69) is 13.8 Å². The van der Waals surface area contributed by atoms with Crippen molar-refractivity contribution in [2.45, 2.75) is 26.7 Å². The van der Waals surface area contributed by atoms with Gasteiger partial charge in [0.25, 0.3) is 0 Å². The van der Waals surface area contributed by atoms with Gasteiger partial charge in [0.2, 0.25) is 0 Å². The molecule has 12 heavy (non-hydrogen) atoms. The quantitative estimate of drug-likeness (QED) is 0.639. The minimum atomic E-state index is 0.169. The fourth-order valence-corrected chi connectivity index (χ4v) is 3.04. The fourth-order valence-electron chi connectivity index (χ4n) is 3.04. The first kappa shape index (κ1) is 8.24. The van der Waals surface area contributed by atoms with Crippen molar-refractivity contribution in [1.82, 2.24) is 0 Å². The van der Waals surface area contributed by atoms with Gasteiger partial charge in [-0.25, -0.2) is 0 Å². The number of hydrogen-bond donors (Lipinski definition) is 1. The summed E-state index contributed by atoms with van der Waals surface area (Å²) in [6.45, 7) is 4.50. The fraction of sp³-hybridized carbons (Fsp3) is 0.900. The van der Waals surface area contributed by atoms with Crippen molar-refractivity contribution < 1.29 is 9.90 Å². The molecule has 0 heterocycles. The molecule has 0 aromatic rings. The number of ketones is 1. The Hall–Kier alpha value is -0.370. The lowest BCUT2D eigenvalue weighted by Crippen LogP contribution is -2.57. The van der Waals surface area contributed by atoms with Crippen LogP contribution in [0.1, 0.15) is 26.7 Å². The molecule has 0 aromatic heterocycles. The van der Waals surface area contributed by atoms with E-state index < -0.39 is 0 Å². The van der Waals surface area contributed by atoms with Gasteiger partial charge in [-0.15, -0.1) is 0 Å². The maximum atomic E-state index is 11.5. The third-order valence-corrected chi connectivity index (χ3v) is 4.00. The molecule has 3 fully saturated rings. The van der Waals surface area contributed by atoms with E-state index in [0.717, 1.165) is 6.42 Å². The lowest BCUT2D eigenvalue weighted by molar-refractivity contribution is -0.160. The average Bonchev–Trinajstić information content (AvgIpc) is 2.02. The zero-order valence-corrected chi connectivity index (χ0v) is 7.71. The van der Waals surface area contributed by atoms with E-state index >= 15 is 0 Å². The van der Waals surface area contributed by atoms with Crippen molar-refractivity contribution >= 4 is 5.78 Å². The van der Waals surface area contributed by atoms with Crippen LogP contribution in [0.15, 0.2) is 0 Å². The molecule has 3 aliphatic rings. The van der Waals surface area contributed by atoms with E-state index in [0.29, 0.717) is 24.0 Å². The van der Waals surface area contributed by atoms with Crippen LogP contribution in [0.3, 0.4) is 0 Å². The summed E-state index contributed by atoms with van der Waals surface area (Å²) < 4.78 is 0. The van der Waals surface area contributed by atoms with Gasteiger partial charge in [0, 0.05) is 18.9 Å². The van der Waals surface area contributed by atoms with Gasteiger partial charge in [-0.2, -0.15) is 0 Å². The van der Waals surface area contributed by atoms with E-state index in [9.17, 15) is 4.79 Å². The van der Waals surface area contributed by atoms with Crippen LogP contribution in [-0.4, -0.2) is 17.5 Å². The smallest absolute Gasteiger partial charge is 0.136 e. The van der Waals surface area contributed by atoms with Crippen LogP contribution < -0.4 is 0 Å². The molecule has 3 aliphatic carbocycles. The Balaban J connectivity index is 2.21. The van der Waals surface area contributed by atoms with Gasteiger partial charge in [-0.05, 0) is 23.7 Å². The van der Waals surface area contributed by atoms with Gasteiger partial charge < -0.3 is 5.11 Å². The zero-order valence-electron chi connectivity index (χ0n) is 7.71. The third kappa shape index (κ3) is 0.817. The van der Waals surface area contributed by atoms with E-state index in [1.54, 1.807) is 0 Å². The van der Waals surface area contributed by atoms with Crippen LogP contribution in [0.5, 0.6) is 0 Å². The Bertz CT molecular complexity index is 220. The summed E-state index contributed by atoms with van der Waals surface area (Å²) in [7, 11) is 0. The van der Waals surface area contributed by atoms with Crippen LogP contribution in [0, 0.1) is 23.2 Å². The first-order chi connectivity index (χ1) is 5.57. The largest absolute Gasteiger partial charge is 0.396 e. The Kier molecular flexibility index (Phi) is 1.59. The second-order valence-electron chi connectivity index (χ2n) is 4.83. The molecular formula is C10H16O2. The predicted octanol–water partition coefficient (Wildman–Crippen LogP) is 1.23. The summed E-state index contributed by atoms with van der Waals surface area (Å²) in [5, 5.41) is 9.08. The number of rotatable bonds is 1. The molecule has 2 bridgehead atoms. The van der Waals surface area contributed by atoms with Gasteiger partial charge in [0.05, 0.1) is 0 Å². The van der Waals surface area contributed by atoms with Gasteiger partial charge in [-0.1, -0.05) is 13.8 Å². The molecule has 0 amide bonds. The second kappa shape index (κ2) is 2.32. The van der Waals surface area contributed by atoms with E-state index in [1.165, 1.54) is 0 Å². The molecule has 3 atom stereocenters. The number of Topliss-reactive ketones (excluding diaryl/α,β-unsaturated/α-hetero) is 1. The Morgan fingerprint density at radius 2 is 2.25 bits per heavy atom.